The first-order valence-electron chi connectivity index (χ1n) is 13.2. The van der Waals surface area contributed by atoms with E-state index in [1.54, 1.807) is 0 Å². The van der Waals surface area contributed by atoms with E-state index in [1.807, 2.05) is 31.4 Å². The number of nitrogens with zero attached hydrogens (tertiary/aromatic N) is 1. The summed E-state index contributed by atoms with van der Waals surface area (Å²) < 4.78 is 35.5. The van der Waals surface area contributed by atoms with E-state index < -0.39 is 12.3 Å². The molecule has 1 saturated heterocycles. The summed E-state index contributed by atoms with van der Waals surface area (Å²) in [7, 11) is 1.99. The number of hydrogen-bond acceptors (Lipinski definition) is 2. The lowest BCUT2D eigenvalue weighted by molar-refractivity contribution is 0.0957. The highest BCUT2D eigenvalue weighted by atomic mass is 19.1. The molecule has 2 aliphatic carbocycles. The molecular weight excluding hydrogens is 464 g/mol. The molecule has 1 aromatic carbocycles. The molecule has 4 rings (SSSR count). The van der Waals surface area contributed by atoms with E-state index in [2.05, 4.69) is 61.4 Å². The van der Waals surface area contributed by atoms with Crippen molar-refractivity contribution in [1.29, 1.82) is 0 Å². The first-order chi connectivity index (χ1) is 17.8. The summed E-state index contributed by atoms with van der Waals surface area (Å²) in [5.74, 6) is 0.428. The molecule has 0 amide bonds. The zero-order valence-corrected chi connectivity index (χ0v) is 22.4. The first kappa shape index (κ1) is 26.9. The Labute approximate surface area is 220 Å². The van der Waals surface area contributed by atoms with Gasteiger partial charge in [-0.05, 0) is 75.6 Å². The highest BCUT2D eigenvalue weighted by Crippen LogP contribution is 2.31. The van der Waals surface area contributed by atoms with Gasteiger partial charge in [0.25, 0.3) is 0 Å². The summed E-state index contributed by atoms with van der Waals surface area (Å²) in [6, 6.07) is 2.92. The van der Waals surface area contributed by atoms with Gasteiger partial charge in [-0.3, -0.25) is 0 Å². The number of likely N-dealkylation sites (tertiary alicyclic amines) is 1. The quantitative estimate of drug-likeness (QED) is 0.381. The highest BCUT2D eigenvalue weighted by Gasteiger charge is 2.28. The fraction of sp³-hybridized carbons (Fsp3) is 0.394. The van der Waals surface area contributed by atoms with Crippen LogP contribution in [0.5, 0.6) is 5.75 Å². The molecule has 0 radical (unpaired) electrons. The van der Waals surface area contributed by atoms with Gasteiger partial charge in [-0.1, -0.05) is 42.9 Å². The van der Waals surface area contributed by atoms with Gasteiger partial charge in [-0.25, -0.2) is 8.78 Å². The van der Waals surface area contributed by atoms with Crippen LogP contribution in [0.1, 0.15) is 51.2 Å². The van der Waals surface area contributed by atoms with Crippen molar-refractivity contribution in [3.8, 4) is 5.75 Å². The molecule has 1 aliphatic heterocycles. The average Bonchev–Trinajstić information content (AvgIpc) is 3.02. The number of allylic oxidation sites excluding steroid dienone is 9. The van der Waals surface area contributed by atoms with Crippen molar-refractivity contribution in [2.45, 2.75) is 58.7 Å². The minimum absolute atomic E-state index is 0.375. The topological polar surface area (TPSA) is 12.5 Å². The molecule has 3 aliphatic rings. The van der Waals surface area contributed by atoms with Gasteiger partial charge in [0.2, 0.25) is 0 Å². The number of hydrogen-bond donors (Lipinski definition) is 0. The number of ether oxygens (including phenoxy) is 1. The highest BCUT2D eigenvalue weighted by molar-refractivity contribution is 5.64. The summed E-state index contributed by atoms with van der Waals surface area (Å²) in [6.45, 7) is 7.85. The summed E-state index contributed by atoms with van der Waals surface area (Å²) in [6.07, 6.45) is 17.0. The molecule has 1 aromatic rings. The number of alkyl halides is 1. The number of benzene rings is 1. The lowest BCUT2D eigenvalue weighted by atomic mass is 9.95. The Balaban J connectivity index is 1.55. The second-order valence-corrected chi connectivity index (χ2v) is 10.3. The summed E-state index contributed by atoms with van der Waals surface area (Å²) in [4.78, 5) is 2.11. The van der Waals surface area contributed by atoms with E-state index in [0.29, 0.717) is 37.5 Å². The van der Waals surface area contributed by atoms with Crippen LogP contribution in [0.25, 0.3) is 6.08 Å². The third-order valence-electron chi connectivity index (χ3n) is 7.46. The van der Waals surface area contributed by atoms with Crippen molar-refractivity contribution in [2.24, 2.45) is 5.92 Å². The van der Waals surface area contributed by atoms with Crippen LogP contribution in [0, 0.1) is 11.7 Å². The molecule has 37 heavy (non-hydrogen) atoms. The zero-order chi connectivity index (χ0) is 26.4. The molecule has 0 bridgehead atoms. The van der Waals surface area contributed by atoms with Crippen molar-refractivity contribution in [3.63, 3.8) is 0 Å². The van der Waals surface area contributed by atoms with Gasteiger partial charge in [0, 0.05) is 48.2 Å². The van der Waals surface area contributed by atoms with Gasteiger partial charge in [0.15, 0.2) is 0 Å². The SMILES string of the molecule is CC(CC=C=C1C=CC=CC1C)=C(C)C1=C=CCc2c(cc(F)cc2OC2CCN(C)CCC2F)C=C1. The van der Waals surface area contributed by atoms with Gasteiger partial charge in [-0.15, -0.1) is 11.5 Å². The van der Waals surface area contributed by atoms with E-state index >= 15 is 0 Å². The van der Waals surface area contributed by atoms with E-state index in [1.165, 1.54) is 23.3 Å². The van der Waals surface area contributed by atoms with Crippen LogP contribution in [0.4, 0.5) is 8.78 Å². The number of rotatable bonds is 5. The maximum atomic E-state index is 14.8. The van der Waals surface area contributed by atoms with Crippen LogP contribution < -0.4 is 4.74 Å². The molecule has 1 heterocycles. The van der Waals surface area contributed by atoms with Gasteiger partial charge in [-0.2, -0.15) is 0 Å². The van der Waals surface area contributed by atoms with Gasteiger partial charge in [0.1, 0.15) is 23.8 Å². The lowest BCUT2D eigenvalue weighted by Crippen LogP contribution is -2.29. The number of fused-ring (bicyclic) bond motifs is 1. The van der Waals surface area contributed by atoms with Crippen LogP contribution in [-0.4, -0.2) is 37.3 Å². The van der Waals surface area contributed by atoms with E-state index in [9.17, 15) is 8.78 Å². The molecule has 0 N–H and O–H groups in total. The number of halogens is 2. The largest absolute Gasteiger partial charge is 0.487 e. The summed E-state index contributed by atoms with van der Waals surface area (Å²) in [5.41, 5.74) is 13.0. The molecule has 0 saturated carbocycles. The Kier molecular flexibility index (Phi) is 9.00. The van der Waals surface area contributed by atoms with Gasteiger partial charge >= 0.3 is 0 Å². The zero-order valence-electron chi connectivity index (χ0n) is 22.4. The van der Waals surface area contributed by atoms with Crippen LogP contribution in [0.2, 0.25) is 0 Å². The van der Waals surface area contributed by atoms with Crippen molar-refractivity contribution in [3.05, 3.63) is 105 Å². The second-order valence-electron chi connectivity index (χ2n) is 10.3. The molecule has 3 unspecified atom stereocenters. The van der Waals surface area contributed by atoms with Crippen LogP contribution in [-0.2, 0) is 6.42 Å². The van der Waals surface area contributed by atoms with E-state index in [-0.39, 0.29) is 5.82 Å². The maximum Gasteiger partial charge on any atom is 0.138 e. The Bertz CT molecular complexity index is 1270. The predicted octanol–water partition coefficient (Wildman–Crippen LogP) is 7.86. The third-order valence-corrected chi connectivity index (χ3v) is 7.46. The van der Waals surface area contributed by atoms with Crippen molar-refractivity contribution < 1.29 is 13.5 Å². The Hall–Kier alpha value is -3.16. The molecule has 0 spiro atoms. The normalized spacial score (nSPS) is 24.3. The van der Waals surface area contributed by atoms with E-state index in [4.69, 9.17) is 4.74 Å². The molecular formula is C33H37F2NO. The van der Waals surface area contributed by atoms with Crippen LogP contribution in [0.15, 0.2) is 88.4 Å². The molecule has 0 aromatic heterocycles. The molecule has 1 fully saturated rings. The minimum atomic E-state index is -1.07. The average molecular weight is 502 g/mol. The van der Waals surface area contributed by atoms with Gasteiger partial charge < -0.3 is 9.64 Å². The molecule has 2 nitrogen and oxygen atoms in total. The molecule has 194 valence electrons. The maximum absolute atomic E-state index is 14.8. The first-order valence-corrected chi connectivity index (χ1v) is 13.2. The fourth-order valence-corrected chi connectivity index (χ4v) is 4.82. The van der Waals surface area contributed by atoms with E-state index in [0.717, 1.165) is 35.2 Å². The Morgan fingerprint density at radius 3 is 2.78 bits per heavy atom. The van der Waals surface area contributed by atoms with Crippen LogP contribution in [0.3, 0.4) is 0 Å². The smallest absolute Gasteiger partial charge is 0.138 e. The Morgan fingerprint density at radius 2 is 1.97 bits per heavy atom. The third kappa shape index (κ3) is 6.99. The van der Waals surface area contributed by atoms with Gasteiger partial charge in [0.05, 0.1) is 0 Å². The van der Waals surface area contributed by atoms with Crippen molar-refractivity contribution in [2.75, 3.05) is 20.1 Å². The molecule has 3 atom stereocenters. The predicted molar refractivity (Wildman–Crippen MR) is 149 cm³/mol. The lowest BCUT2D eigenvalue weighted by Gasteiger charge is -2.23. The van der Waals surface area contributed by atoms with Crippen LogP contribution >= 0.6 is 0 Å². The monoisotopic (exact) mass is 501 g/mol. The molecule has 4 heteroatoms. The minimum Gasteiger partial charge on any atom is -0.487 e. The van der Waals surface area contributed by atoms with Crippen molar-refractivity contribution in [1.82, 2.24) is 4.90 Å². The summed E-state index contributed by atoms with van der Waals surface area (Å²) in [5, 5.41) is 0. The second kappa shape index (κ2) is 12.4. The Morgan fingerprint density at radius 1 is 1.16 bits per heavy atom. The standard InChI is InChI=1S/C33H37F2NO/c1-23(10-7-12-26-11-6-5-9-24(26)2)25(3)27-13-8-14-30-28(16-15-27)21-29(34)22-33(30)37-32-18-20-36(4)19-17-31(32)35/h5-9,11,15-16,21-22,24,31-32H,10,14,17-20H2,1-4H3. The summed E-state index contributed by atoms with van der Waals surface area (Å²) >= 11 is 0. The fourth-order valence-electron chi connectivity index (χ4n) is 4.82. The van der Waals surface area contributed by atoms with Crippen molar-refractivity contribution >= 4 is 6.08 Å².